The molecule has 204 valence electrons. The standard InChI is InChI=1S/C30H32N2O6S/c1-7-37-21-13-14-22(17(5)15-21)25(33)23-24(20-11-9-19(10-12-20)16(3)4)32(28(35)26(23)34)30-31-18(6)27(39-30)29(36)38-8-2/h9-16,24,33H,7-8H2,1-6H3/t24-/m1/s1. The summed E-state index contributed by atoms with van der Waals surface area (Å²) >= 11 is 0.984. The van der Waals surface area contributed by atoms with E-state index in [0.717, 1.165) is 16.9 Å². The molecule has 1 amide bonds. The summed E-state index contributed by atoms with van der Waals surface area (Å²) < 4.78 is 10.7. The van der Waals surface area contributed by atoms with Gasteiger partial charge in [-0.25, -0.2) is 9.78 Å². The van der Waals surface area contributed by atoms with Gasteiger partial charge in [-0.1, -0.05) is 49.4 Å². The largest absolute Gasteiger partial charge is 0.507 e. The van der Waals surface area contributed by atoms with Gasteiger partial charge in [0.05, 0.1) is 30.5 Å². The topological polar surface area (TPSA) is 106 Å². The summed E-state index contributed by atoms with van der Waals surface area (Å²) in [5, 5.41) is 11.7. The number of aryl methyl sites for hydroxylation is 2. The van der Waals surface area contributed by atoms with Crippen molar-refractivity contribution in [3.63, 3.8) is 0 Å². The second kappa shape index (κ2) is 11.4. The number of nitrogens with zero attached hydrogens (tertiary/aromatic N) is 2. The predicted octanol–water partition coefficient (Wildman–Crippen LogP) is 6.09. The van der Waals surface area contributed by atoms with Gasteiger partial charge < -0.3 is 14.6 Å². The van der Waals surface area contributed by atoms with E-state index < -0.39 is 23.7 Å². The van der Waals surface area contributed by atoms with Crippen molar-refractivity contribution in [2.24, 2.45) is 0 Å². The molecular formula is C30H32N2O6S. The molecule has 0 unspecified atom stereocenters. The van der Waals surface area contributed by atoms with Crippen LogP contribution in [0.5, 0.6) is 5.75 Å². The summed E-state index contributed by atoms with van der Waals surface area (Å²) in [5.41, 5.74) is 3.18. The van der Waals surface area contributed by atoms with Gasteiger partial charge in [-0.05, 0) is 68.5 Å². The van der Waals surface area contributed by atoms with Crippen molar-refractivity contribution in [3.8, 4) is 5.75 Å². The molecule has 0 spiro atoms. The molecule has 0 radical (unpaired) electrons. The third kappa shape index (κ3) is 5.31. The van der Waals surface area contributed by atoms with E-state index in [1.54, 1.807) is 39.0 Å². The Bertz CT molecular complexity index is 1450. The highest BCUT2D eigenvalue weighted by molar-refractivity contribution is 7.17. The van der Waals surface area contributed by atoms with Gasteiger partial charge in [-0.15, -0.1) is 0 Å². The van der Waals surface area contributed by atoms with Crippen molar-refractivity contribution < 1.29 is 29.0 Å². The Morgan fingerprint density at radius 3 is 2.36 bits per heavy atom. The first-order valence-electron chi connectivity index (χ1n) is 12.9. The normalized spacial score (nSPS) is 16.7. The van der Waals surface area contributed by atoms with Crippen LogP contribution in [-0.2, 0) is 14.3 Å². The number of carbonyl (C=O) groups excluding carboxylic acids is 3. The number of ether oxygens (including phenoxy) is 2. The van der Waals surface area contributed by atoms with Crippen molar-refractivity contribution in [2.75, 3.05) is 18.1 Å². The zero-order valence-electron chi connectivity index (χ0n) is 22.9. The van der Waals surface area contributed by atoms with Gasteiger partial charge in [0.1, 0.15) is 16.4 Å². The number of aliphatic hydroxyl groups is 1. The molecule has 4 rings (SSSR count). The zero-order valence-corrected chi connectivity index (χ0v) is 23.7. The molecule has 0 saturated carbocycles. The third-order valence-electron chi connectivity index (χ3n) is 6.58. The minimum absolute atomic E-state index is 0.0462. The smallest absolute Gasteiger partial charge is 0.350 e. The molecule has 8 nitrogen and oxygen atoms in total. The van der Waals surface area contributed by atoms with Crippen molar-refractivity contribution >= 4 is 39.9 Å². The average Bonchev–Trinajstić information content (AvgIpc) is 3.41. The molecule has 2 heterocycles. The molecule has 1 saturated heterocycles. The number of esters is 1. The summed E-state index contributed by atoms with van der Waals surface area (Å²) in [6.45, 7) is 11.9. The van der Waals surface area contributed by atoms with Gasteiger partial charge in [-0.2, -0.15) is 0 Å². The Morgan fingerprint density at radius 2 is 1.77 bits per heavy atom. The number of benzene rings is 2. The monoisotopic (exact) mass is 548 g/mol. The van der Waals surface area contributed by atoms with Crippen LogP contribution in [-0.4, -0.2) is 41.0 Å². The van der Waals surface area contributed by atoms with Crippen molar-refractivity contribution in [3.05, 3.63) is 80.9 Å². The minimum atomic E-state index is -0.947. The number of rotatable bonds is 8. The molecule has 9 heteroatoms. The third-order valence-corrected chi connectivity index (χ3v) is 7.72. The zero-order chi connectivity index (χ0) is 28.4. The Balaban J connectivity index is 1.91. The number of hydrogen-bond donors (Lipinski definition) is 1. The maximum Gasteiger partial charge on any atom is 0.350 e. The van der Waals surface area contributed by atoms with Crippen LogP contribution >= 0.6 is 11.3 Å². The summed E-state index contributed by atoms with van der Waals surface area (Å²) in [6, 6.07) is 11.8. The Morgan fingerprint density at radius 1 is 1.08 bits per heavy atom. The number of aliphatic hydroxyl groups excluding tert-OH is 1. The number of ketones is 1. The quantitative estimate of drug-likeness (QED) is 0.157. The van der Waals surface area contributed by atoms with E-state index in [2.05, 4.69) is 18.8 Å². The van der Waals surface area contributed by atoms with E-state index in [0.29, 0.717) is 34.7 Å². The van der Waals surface area contributed by atoms with Crippen LogP contribution in [0.4, 0.5) is 5.13 Å². The molecule has 0 bridgehead atoms. The van der Waals surface area contributed by atoms with Gasteiger partial charge >= 0.3 is 11.9 Å². The molecule has 1 aliphatic heterocycles. The molecule has 1 fully saturated rings. The van der Waals surface area contributed by atoms with Gasteiger partial charge in [0.2, 0.25) is 0 Å². The average molecular weight is 549 g/mol. The fourth-order valence-corrected chi connectivity index (χ4v) is 5.57. The molecule has 2 aromatic carbocycles. The van der Waals surface area contributed by atoms with E-state index in [4.69, 9.17) is 9.47 Å². The summed E-state index contributed by atoms with van der Waals surface area (Å²) in [5.74, 6) is -1.57. The Hall–Kier alpha value is -3.98. The number of amides is 1. The molecule has 1 atom stereocenters. The summed E-state index contributed by atoms with van der Waals surface area (Å²) in [4.78, 5) is 45.5. The first kappa shape index (κ1) is 28.0. The van der Waals surface area contributed by atoms with Crippen molar-refractivity contribution in [1.29, 1.82) is 0 Å². The fraction of sp³-hybridized carbons (Fsp3) is 0.333. The van der Waals surface area contributed by atoms with Crippen molar-refractivity contribution in [1.82, 2.24) is 4.98 Å². The minimum Gasteiger partial charge on any atom is -0.507 e. The molecule has 3 aromatic rings. The molecule has 1 aromatic heterocycles. The number of Topliss-reactive ketones (excluding diaryl/α,β-unsaturated/α-hetero) is 1. The van der Waals surface area contributed by atoms with Crippen LogP contribution < -0.4 is 9.64 Å². The van der Waals surface area contributed by atoms with Crippen LogP contribution in [0.1, 0.15) is 77.3 Å². The maximum absolute atomic E-state index is 13.5. The highest BCUT2D eigenvalue weighted by Crippen LogP contribution is 2.44. The van der Waals surface area contributed by atoms with E-state index in [1.165, 1.54) is 4.90 Å². The predicted molar refractivity (Wildman–Crippen MR) is 150 cm³/mol. The molecular weight excluding hydrogens is 516 g/mol. The SMILES string of the molecule is CCOC(=O)c1sc(N2C(=O)C(=O)C(=C(O)c3ccc(OCC)cc3C)[C@H]2c2ccc(C(C)C)cc2)nc1C. The van der Waals surface area contributed by atoms with Crippen LogP contribution in [0.15, 0.2) is 48.0 Å². The van der Waals surface area contributed by atoms with Gasteiger partial charge in [-0.3, -0.25) is 14.5 Å². The van der Waals surface area contributed by atoms with Gasteiger partial charge in [0.25, 0.3) is 5.78 Å². The Labute approximate surface area is 231 Å². The molecule has 1 N–H and O–H groups in total. The molecule has 39 heavy (non-hydrogen) atoms. The van der Waals surface area contributed by atoms with E-state index in [9.17, 15) is 19.5 Å². The van der Waals surface area contributed by atoms with E-state index >= 15 is 0 Å². The second-order valence-electron chi connectivity index (χ2n) is 9.53. The van der Waals surface area contributed by atoms with Crippen LogP contribution in [0, 0.1) is 13.8 Å². The second-order valence-corrected chi connectivity index (χ2v) is 10.5. The fourth-order valence-electron chi connectivity index (χ4n) is 4.58. The van der Waals surface area contributed by atoms with Gasteiger partial charge in [0, 0.05) is 5.56 Å². The number of thiazole rings is 1. The lowest BCUT2D eigenvalue weighted by Crippen LogP contribution is -2.29. The Kier molecular flexibility index (Phi) is 8.20. The van der Waals surface area contributed by atoms with E-state index in [-0.39, 0.29) is 33.9 Å². The van der Waals surface area contributed by atoms with Gasteiger partial charge in [0.15, 0.2) is 5.13 Å². The maximum atomic E-state index is 13.5. The molecule has 1 aliphatic rings. The highest BCUT2D eigenvalue weighted by Gasteiger charge is 2.48. The summed E-state index contributed by atoms with van der Waals surface area (Å²) in [7, 11) is 0. The summed E-state index contributed by atoms with van der Waals surface area (Å²) in [6.07, 6.45) is 0. The highest BCUT2D eigenvalue weighted by atomic mass is 32.1. The van der Waals surface area contributed by atoms with E-state index in [1.807, 2.05) is 31.2 Å². The number of carbonyl (C=O) groups is 3. The van der Waals surface area contributed by atoms with Crippen LogP contribution in [0.2, 0.25) is 0 Å². The number of hydrogen-bond acceptors (Lipinski definition) is 8. The number of aromatic nitrogens is 1. The lowest BCUT2D eigenvalue weighted by atomic mass is 9.92. The van der Waals surface area contributed by atoms with Crippen LogP contribution in [0.25, 0.3) is 5.76 Å². The molecule has 0 aliphatic carbocycles. The first-order chi connectivity index (χ1) is 18.6. The number of anilines is 1. The first-order valence-corrected chi connectivity index (χ1v) is 13.7. The lowest BCUT2D eigenvalue weighted by molar-refractivity contribution is -0.132. The van der Waals surface area contributed by atoms with Crippen LogP contribution in [0.3, 0.4) is 0 Å². The lowest BCUT2D eigenvalue weighted by Gasteiger charge is -2.23. The van der Waals surface area contributed by atoms with Crippen molar-refractivity contribution in [2.45, 2.75) is 53.5 Å².